The zero-order valence-electron chi connectivity index (χ0n) is 19.5. The first-order chi connectivity index (χ1) is 15.2. The third-order valence-corrected chi connectivity index (χ3v) is 5.37. The fraction of sp³-hybridized carbons (Fsp3) is 0.462. The van der Waals surface area contributed by atoms with Gasteiger partial charge in [0.15, 0.2) is 0 Å². The van der Waals surface area contributed by atoms with Gasteiger partial charge in [0.25, 0.3) is 5.91 Å². The van der Waals surface area contributed by atoms with E-state index in [0.29, 0.717) is 31.0 Å². The van der Waals surface area contributed by atoms with Crippen LogP contribution in [0.2, 0.25) is 0 Å². The Morgan fingerprint density at radius 2 is 1.84 bits per heavy atom. The average Bonchev–Trinajstić information content (AvgIpc) is 2.77. The van der Waals surface area contributed by atoms with Crippen molar-refractivity contribution in [1.29, 1.82) is 0 Å². The maximum absolute atomic E-state index is 13.1. The third kappa shape index (κ3) is 7.01. The van der Waals surface area contributed by atoms with Crippen molar-refractivity contribution in [3.63, 3.8) is 0 Å². The second kappa shape index (κ2) is 10.5. The molecule has 1 unspecified atom stereocenters. The summed E-state index contributed by atoms with van der Waals surface area (Å²) in [7, 11) is 1.75. The minimum Gasteiger partial charge on any atom is -0.489 e. The van der Waals surface area contributed by atoms with E-state index in [2.05, 4.69) is 0 Å². The summed E-state index contributed by atoms with van der Waals surface area (Å²) in [5.74, 6) is 0.903. The van der Waals surface area contributed by atoms with Gasteiger partial charge in [0.05, 0.1) is 0 Å². The van der Waals surface area contributed by atoms with E-state index in [4.69, 9.17) is 9.47 Å². The molecule has 0 N–H and O–H groups in total. The third-order valence-electron chi connectivity index (χ3n) is 5.37. The molecule has 0 aliphatic carbocycles. The molecular formula is C26H34N2O4. The summed E-state index contributed by atoms with van der Waals surface area (Å²) in [6.45, 7) is 7.95. The van der Waals surface area contributed by atoms with Gasteiger partial charge in [-0.2, -0.15) is 0 Å². The van der Waals surface area contributed by atoms with Gasteiger partial charge < -0.3 is 19.3 Å². The number of hydrogen-bond donors (Lipinski definition) is 0. The van der Waals surface area contributed by atoms with Crippen LogP contribution in [0.15, 0.2) is 54.6 Å². The summed E-state index contributed by atoms with van der Waals surface area (Å²) >= 11 is 0. The zero-order chi connectivity index (χ0) is 23.1. The number of nitrogens with zero attached hydrogens (tertiary/aromatic N) is 2. The van der Waals surface area contributed by atoms with Crippen LogP contribution in [-0.2, 0) is 11.3 Å². The van der Waals surface area contributed by atoms with Crippen LogP contribution in [0.3, 0.4) is 0 Å². The molecule has 6 nitrogen and oxygen atoms in total. The van der Waals surface area contributed by atoms with Gasteiger partial charge in [-0.3, -0.25) is 4.79 Å². The molecule has 1 aliphatic heterocycles. The highest BCUT2D eigenvalue weighted by atomic mass is 16.6. The largest absolute Gasteiger partial charge is 0.489 e. The van der Waals surface area contributed by atoms with E-state index in [1.165, 1.54) is 0 Å². The van der Waals surface area contributed by atoms with Crippen LogP contribution in [0.25, 0.3) is 0 Å². The van der Waals surface area contributed by atoms with Gasteiger partial charge in [-0.05, 0) is 63.3 Å². The summed E-state index contributed by atoms with van der Waals surface area (Å²) in [5, 5.41) is 0. The smallest absolute Gasteiger partial charge is 0.410 e. The normalized spacial score (nSPS) is 16.4. The lowest BCUT2D eigenvalue weighted by atomic mass is 9.97. The Bertz CT molecular complexity index is 908. The van der Waals surface area contributed by atoms with Crippen molar-refractivity contribution < 1.29 is 19.1 Å². The lowest BCUT2D eigenvalue weighted by Gasteiger charge is -2.35. The predicted molar refractivity (Wildman–Crippen MR) is 125 cm³/mol. The van der Waals surface area contributed by atoms with E-state index in [1.807, 2.05) is 80.3 Å². The molecule has 32 heavy (non-hydrogen) atoms. The number of piperidine rings is 1. The first kappa shape index (κ1) is 23.6. The van der Waals surface area contributed by atoms with Crippen molar-refractivity contribution >= 4 is 12.0 Å². The van der Waals surface area contributed by atoms with E-state index in [9.17, 15) is 9.59 Å². The van der Waals surface area contributed by atoms with E-state index in [-0.39, 0.29) is 17.9 Å². The molecular weight excluding hydrogens is 404 g/mol. The highest BCUT2D eigenvalue weighted by Gasteiger charge is 2.28. The van der Waals surface area contributed by atoms with Crippen molar-refractivity contribution in [2.75, 3.05) is 26.7 Å². The number of likely N-dealkylation sites (tertiary alicyclic amines) is 1. The Balaban J connectivity index is 1.57. The number of amides is 2. The number of carbonyl (C=O) groups is 2. The minimum absolute atomic E-state index is 0.000202. The van der Waals surface area contributed by atoms with E-state index in [1.54, 1.807) is 11.9 Å². The fourth-order valence-corrected chi connectivity index (χ4v) is 3.84. The first-order valence-electron chi connectivity index (χ1n) is 11.2. The number of rotatable bonds is 6. The van der Waals surface area contributed by atoms with Gasteiger partial charge in [0.2, 0.25) is 0 Å². The highest BCUT2D eigenvalue weighted by molar-refractivity contribution is 5.94. The van der Waals surface area contributed by atoms with Crippen LogP contribution in [0.1, 0.15) is 49.5 Å². The van der Waals surface area contributed by atoms with Crippen molar-refractivity contribution in [1.82, 2.24) is 9.80 Å². The SMILES string of the molecule is CN(CC1CCCN(C(=O)c2cccc(OCc3ccccc3)c2)C1)C(=O)OC(C)(C)C. The molecule has 1 aliphatic rings. The molecule has 1 heterocycles. The Morgan fingerprint density at radius 1 is 1.09 bits per heavy atom. The van der Waals surface area contributed by atoms with Gasteiger partial charge in [0, 0.05) is 32.2 Å². The van der Waals surface area contributed by atoms with E-state index < -0.39 is 5.60 Å². The highest BCUT2D eigenvalue weighted by Crippen LogP contribution is 2.22. The minimum atomic E-state index is -0.520. The standard InChI is InChI=1S/C26H34N2O4/c1-26(2,3)32-25(30)27(4)17-21-12-9-15-28(18-21)24(29)22-13-8-14-23(16-22)31-19-20-10-6-5-7-11-20/h5-8,10-11,13-14,16,21H,9,12,15,17-19H2,1-4H3. The lowest BCUT2D eigenvalue weighted by Crippen LogP contribution is -2.45. The van der Waals surface area contributed by atoms with Gasteiger partial charge in [-0.25, -0.2) is 4.79 Å². The topological polar surface area (TPSA) is 59.1 Å². The molecule has 2 aromatic carbocycles. The van der Waals surface area contributed by atoms with Crippen LogP contribution in [0, 0.1) is 5.92 Å². The molecule has 1 atom stereocenters. The van der Waals surface area contributed by atoms with Crippen LogP contribution < -0.4 is 4.74 Å². The van der Waals surface area contributed by atoms with Crippen molar-refractivity contribution in [2.45, 2.75) is 45.8 Å². The summed E-state index contributed by atoms with van der Waals surface area (Å²) < 4.78 is 11.3. The Hall–Kier alpha value is -3.02. The molecule has 0 aromatic heterocycles. The molecule has 172 valence electrons. The van der Waals surface area contributed by atoms with Crippen molar-refractivity contribution in [3.8, 4) is 5.75 Å². The number of hydrogen-bond acceptors (Lipinski definition) is 4. The van der Waals surface area contributed by atoms with Crippen LogP contribution >= 0.6 is 0 Å². The Labute approximate surface area is 191 Å². The molecule has 0 spiro atoms. The number of ether oxygens (including phenoxy) is 2. The predicted octanol–water partition coefficient (Wildman–Crippen LogP) is 4.98. The molecule has 1 fully saturated rings. The van der Waals surface area contributed by atoms with Crippen LogP contribution in [-0.4, -0.2) is 54.1 Å². The van der Waals surface area contributed by atoms with Crippen LogP contribution in [0.5, 0.6) is 5.75 Å². The summed E-state index contributed by atoms with van der Waals surface area (Å²) in [4.78, 5) is 28.9. The second-order valence-corrected chi connectivity index (χ2v) is 9.42. The molecule has 2 amide bonds. The molecule has 0 saturated carbocycles. The maximum Gasteiger partial charge on any atom is 0.410 e. The van der Waals surface area contributed by atoms with Crippen LogP contribution in [0.4, 0.5) is 4.79 Å². The van der Waals surface area contributed by atoms with Gasteiger partial charge in [-0.1, -0.05) is 36.4 Å². The van der Waals surface area contributed by atoms with E-state index in [0.717, 1.165) is 24.9 Å². The molecule has 3 rings (SSSR count). The molecule has 2 aromatic rings. The summed E-state index contributed by atoms with van der Waals surface area (Å²) in [6, 6.07) is 17.3. The first-order valence-corrected chi connectivity index (χ1v) is 11.2. The Kier molecular flexibility index (Phi) is 7.78. The molecule has 0 radical (unpaired) electrons. The van der Waals surface area contributed by atoms with E-state index >= 15 is 0 Å². The van der Waals surface area contributed by atoms with Gasteiger partial charge in [-0.15, -0.1) is 0 Å². The monoisotopic (exact) mass is 438 g/mol. The molecule has 0 bridgehead atoms. The lowest BCUT2D eigenvalue weighted by molar-refractivity contribution is 0.0244. The molecule has 1 saturated heterocycles. The maximum atomic E-state index is 13.1. The van der Waals surface area contributed by atoms with Crippen molar-refractivity contribution in [3.05, 3.63) is 65.7 Å². The summed E-state index contributed by atoms with van der Waals surface area (Å²) in [5.41, 5.74) is 1.18. The Morgan fingerprint density at radius 3 is 2.56 bits per heavy atom. The number of benzene rings is 2. The van der Waals surface area contributed by atoms with Gasteiger partial charge >= 0.3 is 6.09 Å². The molecule has 6 heteroatoms. The fourth-order valence-electron chi connectivity index (χ4n) is 3.84. The second-order valence-electron chi connectivity index (χ2n) is 9.42. The zero-order valence-corrected chi connectivity index (χ0v) is 19.5. The quantitative estimate of drug-likeness (QED) is 0.638. The average molecular weight is 439 g/mol. The van der Waals surface area contributed by atoms with Crippen molar-refractivity contribution in [2.24, 2.45) is 5.92 Å². The van der Waals surface area contributed by atoms with Gasteiger partial charge in [0.1, 0.15) is 18.0 Å². The number of carbonyl (C=O) groups excluding carboxylic acids is 2. The summed E-state index contributed by atoms with van der Waals surface area (Å²) in [6.07, 6.45) is 1.57.